The van der Waals surface area contributed by atoms with Crippen LogP contribution >= 0.6 is 0 Å². The Hall–Kier alpha value is -0.600. The van der Waals surface area contributed by atoms with E-state index in [1.807, 2.05) is 0 Å². The first-order valence-electron chi connectivity index (χ1n) is 3.68. The fourth-order valence-electron chi connectivity index (χ4n) is 0.941. The summed E-state index contributed by atoms with van der Waals surface area (Å²) in [4.78, 5) is 0. The molecule has 64 valence electrons. The van der Waals surface area contributed by atoms with Crippen LogP contribution in [0.15, 0.2) is 24.8 Å². The summed E-state index contributed by atoms with van der Waals surface area (Å²) in [5, 5.41) is 18.2. The molecule has 0 aromatic rings. The van der Waals surface area contributed by atoms with Crippen LogP contribution in [0.1, 0.15) is 13.3 Å². The smallest absolute Gasteiger partial charge is 0.0661 e. The maximum Gasteiger partial charge on any atom is 0.0661 e. The van der Waals surface area contributed by atoms with Crippen molar-refractivity contribution in [3.63, 3.8) is 0 Å². The first-order valence-corrected chi connectivity index (χ1v) is 3.68. The van der Waals surface area contributed by atoms with E-state index < -0.39 is 6.10 Å². The van der Waals surface area contributed by atoms with Crippen LogP contribution in [0.5, 0.6) is 0 Å². The van der Waals surface area contributed by atoms with Gasteiger partial charge in [-0.2, -0.15) is 0 Å². The Balaban J connectivity index is 4.01. The molecule has 0 fully saturated rings. The van der Waals surface area contributed by atoms with Gasteiger partial charge in [0.25, 0.3) is 0 Å². The molecule has 0 amide bonds. The molecular weight excluding hydrogens is 140 g/mol. The van der Waals surface area contributed by atoms with Crippen molar-refractivity contribution in [2.75, 3.05) is 6.61 Å². The minimum atomic E-state index is -0.546. The molecule has 0 rings (SSSR count). The van der Waals surface area contributed by atoms with E-state index in [1.165, 1.54) is 0 Å². The van der Waals surface area contributed by atoms with Crippen LogP contribution in [-0.4, -0.2) is 22.9 Å². The fourth-order valence-corrected chi connectivity index (χ4v) is 0.941. The van der Waals surface area contributed by atoms with Crippen molar-refractivity contribution in [3.05, 3.63) is 24.8 Å². The van der Waals surface area contributed by atoms with E-state index in [0.717, 1.165) is 5.57 Å². The van der Waals surface area contributed by atoms with Gasteiger partial charge in [0, 0.05) is 5.92 Å². The minimum absolute atomic E-state index is 0.0513. The standard InChI is InChI=1S/C9H16O2/c1-4-5-9(11)8(6-10)7(2)3/h4,8-11H,1-2,5-6H2,3H3/t8-,9-/m0/s1. The van der Waals surface area contributed by atoms with Gasteiger partial charge in [-0.05, 0) is 13.3 Å². The van der Waals surface area contributed by atoms with Crippen LogP contribution in [0.4, 0.5) is 0 Å². The highest BCUT2D eigenvalue weighted by Gasteiger charge is 2.16. The van der Waals surface area contributed by atoms with Crippen molar-refractivity contribution in [2.24, 2.45) is 5.92 Å². The predicted octanol–water partition coefficient (Wildman–Crippen LogP) is 1.11. The third-order valence-electron chi connectivity index (χ3n) is 1.70. The monoisotopic (exact) mass is 156 g/mol. The normalized spacial score (nSPS) is 15.5. The topological polar surface area (TPSA) is 40.5 Å². The largest absolute Gasteiger partial charge is 0.396 e. The Morgan fingerprint density at radius 2 is 2.18 bits per heavy atom. The second-order valence-corrected chi connectivity index (χ2v) is 2.73. The lowest BCUT2D eigenvalue weighted by atomic mass is 9.94. The van der Waals surface area contributed by atoms with Crippen LogP contribution in [-0.2, 0) is 0 Å². The summed E-state index contributed by atoms with van der Waals surface area (Å²) in [5.74, 6) is -0.215. The second-order valence-electron chi connectivity index (χ2n) is 2.73. The van der Waals surface area contributed by atoms with Gasteiger partial charge >= 0.3 is 0 Å². The Labute approximate surface area is 67.9 Å². The summed E-state index contributed by atoms with van der Waals surface area (Å²) in [6, 6.07) is 0. The molecule has 0 aliphatic carbocycles. The van der Waals surface area contributed by atoms with Crippen molar-refractivity contribution in [2.45, 2.75) is 19.4 Å². The first kappa shape index (κ1) is 10.4. The van der Waals surface area contributed by atoms with Crippen molar-refractivity contribution >= 4 is 0 Å². The molecule has 2 N–H and O–H groups in total. The van der Waals surface area contributed by atoms with Crippen LogP contribution in [0.25, 0.3) is 0 Å². The lowest BCUT2D eigenvalue weighted by Crippen LogP contribution is -2.23. The van der Waals surface area contributed by atoms with Gasteiger partial charge in [0.15, 0.2) is 0 Å². The van der Waals surface area contributed by atoms with Crippen LogP contribution in [0.2, 0.25) is 0 Å². The summed E-state index contributed by atoms with van der Waals surface area (Å²) in [6.45, 7) is 8.93. The summed E-state index contributed by atoms with van der Waals surface area (Å²) >= 11 is 0. The van der Waals surface area contributed by atoms with Gasteiger partial charge in [0.1, 0.15) is 0 Å². The molecule has 0 aliphatic rings. The quantitative estimate of drug-likeness (QED) is 0.585. The number of rotatable bonds is 5. The highest BCUT2D eigenvalue weighted by Crippen LogP contribution is 2.15. The van der Waals surface area contributed by atoms with Gasteiger partial charge < -0.3 is 10.2 Å². The SMILES string of the molecule is C=CC[C@H](O)[C@@H](CO)C(=C)C. The van der Waals surface area contributed by atoms with E-state index in [2.05, 4.69) is 13.2 Å². The number of aliphatic hydroxyl groups is 2. The van der Waals surface area contributed by atoms with E-state index in [-0.39, 0.29) is 12.5 Å². The fraction of sp³-hybridized carbons (Fsp3) is 0.556. The third-order valence-corrected chi connectivity index (χ3v) is 1.70. The maximum absolute atomic E-state index is 9.39. The summed E-state index contributed by atoms with van der Waals surface area (Å²) in [5.41, 5.74) is 0.807. The molecular formula is C9H16O2. The molecule has 0 saturated carbocycles. The lowest BCUT2D eigenvalue weighted by molar-refractivity contribution is 0.0886. The van der Waals surface area contributed by atoms with Crippen molar-refractivity contribution in [3.8, 4) is 0 Å². The Bertz CT molecular complexity index is 140. The van der Waals surface area contributed by atoms with Gasteiger partial charge in [-0.3, -0.25) is 0 Å². The molecule has 0 heterocycles. The molecule has 0 radical (unpaired) electrons. The highest BCUT2D eigenvalue weighted by atomic mass is 16.3. The number of aliphatic hydroxyl groups excluding tert-OH is 2. The van der Waals surface area contributed by atoms with Gasteiger partial charge in [-0.25, -0.2) is 0 Å². The first-order chi connectivity index (χ1) is 5.13. The second kappa shape index (κ2) is 5.10. The van der Waals surface area contributed by atoms with E-state index in [9.17, 15) is 5.11 Å². The molecule has 0 aromatic carbocycles. The van der Waals surface area contributed by atoms with Crippen molar-refractivity contribution < 1.29 is 10.2 Å². The lowest BCUT2D eigenvalue weighted by Gasteiger charge is -2.19. The Kier molecular flexibility index (Phi) is 4.83. The molecule has 0 unspecified atom stereocenters. The number of hydrogen-bond acceptors (Lipinski definition) is 2. The summed E-state index contributed by atoms with van der Waals surface area (Å²) in [6.07, 6.45) is 1.59. The zero-order valence-corrected chi connectivity index (χ0v) is 6.95. The molecule has 0 aliphatic heterocycles. The highest BCUT2D eigenvalue weighted by molar-refractivity contribution is 5.00. The van der Waals surface area contributed by atoms with Crippen LogP contribution in [0.3, 0.4) is 0 Å². The van der Waals surface area contributed by atoms with Crippen LogP contribution < -0.4 is 0 Å². The summed E-state index contributed by atoms with van der Waals surface area (Å²) in [7, 11) is 0. The van der Waals surface area contributed by atoms with E-state index in [0.29, 0.717) is 6.42 Å². The third kappa shape index (κ3) is 3.35. The zero-order valence-electron chi connectivity index (χ0n) is 6.95. The molecule has 0 bridgehead atoms. The molecule has 2 atom stereocenters. The van der Waals surface area contributed by atoms with E-state index in [4.69, 9.17) is 5.11 Å². The molecule has 2 nitrogen and oxygen atoms in total. The average Bonchev–Trinajstić information content (AvgIpc) is 1.88. The molecule has 0 spiro atoms. The van der Waals surface area contributed by atoms with Crippen molar-refractivity contribution in [1.29, 1.82) is 0 Å². The average molecular weight is 156 g/mol. The van der Waals surface area contributed by atoms with E-state index in [1.54, 1.807) is 13.0 Å². The Morgan fingerprint density at radius 3 is 2.45 bits per heavy atom. The number of hydrogen-bond donors (Lipinski definition) is 2. The minimum Gasteiger partial charge on any atom is -0.396 e. The van der Waals surface area contributed by atoms with Gasteiger partial charge in [0.2, 0.25) is 0 Å². The maximum atomic E-state index is 9.39. The molecule has 11 heavy (non-hydrogen) atoms. The molecule has 2 heteroatoms. The predicted molar refractivity (Wildman–Crippen MR) is 46.2 cm³/mol. The van der Waals surface area contributed by atoms with Gasteiger partial charge in [-0.1, -0.05) is 18.2 Å². The van der Waals surface area contributed by atoms with Crippen LogP contribution in [0, 0.1) is 5.92 Å². The Morgan fingerprint density at radius 1 is 1.64 bits per heavy atom. The summed E-state index contributed by atoms with van der Waals surface area (Å²) < 4.78 is 0. The van der Waals surface area contributed by atoms with Crippen molar-refractivity contribution in [1.82, 2.24) is 0 Å². The van der Waals surface area contributed by atoms with E-state index >= 15 is 0 Å². The molecule has 0 aromatic heterocycles. The van der Waals surface area contributed by atoms with Gasteiger partial charge in [0.05, 0.1) is 12.7 Å². The zero-order chi connectivity index (χ0) is 8.85. The van der Waals surface area contributed by atoms with Gasteiger partial charge in [-0.15, -0.1) is 6.58 Å². The molecule has 0 saturated heterocycles.